The minimum atomic E-state index is -1.14. The van der Waals surface area contributed by atoms with Crippen molar-refractivity contribution in [2.45, 2.75) is 19.1 Å². The van der Waals surface area contributed by atoms with Gasteiger partial charge in [-0.05, 0) is 23.8 Å². The third-order valence-corrected chi connectivity index (χ3v) is 3.29. The van der Waals surface area contributed by atoms with Gasteiger partial charge < -0.3 is 20.3 Å². The number of carbonyl (C=O) groups excluding carboxylic acids is 1. The van der Waals surface area contributed by atoms with Gasteiger partial charge in [-0.15, -0.1) is 0 Å². The van der Waals surface area contributed by atoms with Gasteiger partial charge in [0.1, 0.15) is 11.9 Å². The molecule has 1 atom stereocenters. The van der Waals surface area contributed by atoms with Gasteiger partial charge in [-0.2, -0.15) is 0 Å². The largest absolute Gasteiger partial charge is 0.496 e. The molecule has 116 valence electrons. The van der Waals surface area contributed by atoms with Crippen LogP contribution in [0.15, 0.2) is 48.5 Å². The van der Waals surface area contributed by atoms with Crippen molar-refractivity contribution in [3.8, 4) is 5.75 Å². The Morgan fingerprint density at radius 1 is 1.23 bits per heavy atom. The minimum Gasteiger partial charge on any atom is -0.496 e. The summed E-state index contributed by atoms with van der Waals surface area (Å²) in [7, 11) is 1.51. The number of aliphatic hydroxyl groups is 2. The van der Waals surface area contributed by atoms with Gasteiger partial charge in [0.15, 0.2) is 0 Å². The van der Waals surface area contributed by atoms with Crippen LogP contribution in [0, 0.1) is 0 Å². The molecule has 0 aliphatic rings. The van der Waals surface area contributed by atoms with Crippen LogP contribution in [0.3, 0.4) is 0 Å². The molecule has 0 heterocycles. The second-order valence-electron chi connectivity index (χ2n) is 4.88. The predicted octanol–water partition coefficient (Wildman–Crippen LogP) is 1.73. The van der Waals surface area contributed by atoms with Crippen LogP contribution in [0.2, 0.25) is 0 Å². The molecule has 0 saturated carbocycles. The first kappa shape index (κ1) is 16.0. The van der Waals surface area contributed by atoms with Crippen LogP contribution in [0.25, 0.3) is 0 Å². The number of benzene rings is 2. The van der Waals surface area contributed by atoms with Crippen molar-refractivity contribution in [2.75, 3.05) is 12.4 Å². The highest BCUT2D eigenvalue weighted by Gasteiger charge is 2.16. The van der Waals surface area contributed by atoms with Crippen LogP contribution in [-0.2, 0) is 17.8 Å². The van der Waals surface area contributed by atoms with Crippen molar-refractivity contribution in [1.82, 2.24) is 0 Å². The molecule has 1 amide bonds. The molecular formula is C17H19NO4. The van der Waals surface area contributed by atoms with Crippen LogP contribution >= 0.6 is 0 Å². The number of rotatable bonds is 6. The first-order valence-corrected chi connectivity index (χ1v) is 6.94. The SMILES string of the molecule is COc1ccc(NC(=O)[C@@H](O)Cc2ccccc2)cc1CO. The lowest BCUT2D eigenvalue weighted by Crippen LogP contribution is -2.29. The Morgan fingerprint density at radius 2 is 1.95 bits per heavy atom. The van der Waals surface area contributed by atoms with Crippen LogP contribution in [-0.4, -0.2) is 29.3 Å². The zero-order valence-electron chi connectivity index (χ0n) is 12.3. The van der Waals surface area contributed by atoms with Crippen LogP contribution in [0.1, 0.15) is 11.1 Å². The van der Waals surface area contributed by atoms with E-state index in [1.54, 1.807) is 18.2 Å². The lowest BCUT2D eigenvalue weighted by atomic mass is 10.1. The Balaban J connectivity index is 2.02. The maximum Gasteiger partial charge on any atom is 0.253 e. The number of methoxy groups -OCH3 is 1. The number of hydrogen-bond acceptors (Lipinski definition) is 4. The Labute approximate surface area is 129 Å². The fourth-order valence-electron chi connectivity index (χ4n) is 2.14. The number of aliphatic hydroxyl groups excluding tert-OH is 2. The Kier molecular flexibility index (Phi) is 5.52. The average Bonchev–Trinajstić information content (AvgIpc) is 2.55. The molecule has 0 spiro atoms. The molecule has 2 rings (SSSR count). The fraction of sp³-hybridized carbons (Fsp3) is 0.235. The van der Waals surface area contributed by atoms with Gasteiger partial charge in [-0.1, -0.05) is 30.3 Å². The van der Waals surface area contributed by atoms with Crippen molar-refractivity contribution in [2.24, 2.45) is 0 Å². The Morgan fingerprint density at radius 3 is 2.59 bits per heavy atom. The molecule has 5 heteroatoms. The number of nitrogens with one attached hydrogen (secondary N) is 1. The van der Waals surface area contributed by atoms with Crippen molar-refractivity contribution < 1.29 is 19.7 Å². The number of ether oxygens (including phenoxy) is 1. The van der Waals surface area contributed by atoms with E-state index in [2.05, 4.69) is 5.32 Å². The third kappa shape index (κ3) is 4.07. The standard InChI is InChI=1S/C17H19NO4/c1-22-16-8-7-14(10-13(16)11-19)18-17(21)15(20)9-12-5-3-2-4-6-12/h2-8,10,15,19-20H,9,11H2,1H3,(H,18,21)/t15-/m0/s1. The Bertz CT molecular complexity index is 628. The summed E-state index contributed by atoms with van der Waals surface area (Å²) >= 11 is 0. The second kappa shape index (κ2) is 7.59. The van der Waals surface area contributed by atoms with E-state index in [0.29, 0.717) is 17.0 Å². The van der Waals surface area contributed by atoms with Crippen LogP contribution in [0.4, 0.5) is 5.69 Å². The number of carbonyl (C=O) groups is 1. The molecule has 0 unspecified atom stereocenters. The molecular weight excluding hydrogens is 282 g/mol. The van der Waals surface area contributed by atoms with E-state index >= 15 is 0 Å². The lowest BCUT2D eigenvalue weighted by Gasteiger charge is -2.13. The summed E-state index contributed by atoms with van der Waals surface area (Å²) in [6.45, 7) is -0.195. The molecule has 2 aromatic rings. The third-order valence-electron chi connectivity index (χ3n) is 3.29. The molecule has 0 aliphatic heterocycles. The highest BCUT2D eigenvalue weighted by molar-refractivity contribution is 5.94. The fourth-order valence-corrected chi connectivity index (χ4v) is 2.14. The number of hydrogen-bond donors (Lipinski definition) is 3. The molecule has 5 nitrogen and oxygen atoms in total. The predicted molar refractivity (Wildman–Crippen MR) is 83.7 cm³/mol. The smallest absolute Gasteiger partial charge is 0.253 e. The first-order valence-electron chi connectivity index (χ1n) is 6.94. The monoisotopic (exact) mass is 301 g/mol. The highest BCUT2D eigenvalue weighted by Crippen LogP contribution is 2.22. The number of anilines is 1. The van der Waals surface area contributed by atoms with Crippen molar-refractivity contribution in [1.29, 1.82) is 0 Å². The van der Waals surface area contributed by atoms with Gasteiger partial charge in [0.2, 0.25) is 0 Å². The second-order valence-corrected chi connectivity index (χ2v) is 4.88. The zero-order valence-corrected chi connectivity index (χ0v) is 12.3. The summed E-state index contributed by atoms with van der Waals surface area (Å²) in [5.41, 5.74) is 1.95. The van der Waals surface area contributed by atoms with Crippen LogP contribution < -0.4 is 10.1 Å². The summed E-state index contributed by atoms with van der Waals surface area (Å²) in [5.74, 6) is 0.0586. The topological polar surface area (TPSA) is 78.8 Å². The summed E-state index contributed by atoms with van der Waals surface area (Å²) in [6, 6.07) is 14.2. The van der Waals surface area contributed by atoms with Crippen molar-refractivity contribution in [3.63, 3.8) is 0 Å². The first-order chi connectivity index (χ1) is 10.6. The molecule has 0 radical (unpaired) electrons. The van der Waals surface area contributed by atoms with Gasteiger partial charge in [-0.25, -0.2) is 0 Å². The maximum absolute atomic E-state index is 12.0. The van der Waals surface area contributed by atoms with E-state index in [1.807, 2.05) is 30.3 Å². The van der Waals surface area contributed by atoms with Crippen molar-refractivity contribution >= 4 is 11.6 Å². The van der Waals surface area contributed by atoms with Gasteiger partial charge in [0, 0.05) is 17.7 Å². The van der Waals surface area contributed by atoms with E-state index in [0.717, 1.165) is 5.56 Å². The summed E-state index contributed by atoms with van der Waals surface area (Å²) in [6.07, 6.45) is -0.891. The van der Waals surface area contributed by atoms with E-state index in [1.165, 1.54) is 7.11 Å². The summed E-state index contributed by atoms with van der Waals surface area (Å²) < 4.78 is 5.10. The van der Waals surface area contributed by atoms with E-state index in [-0.39, 0.29) is 13.0 Å². The number of amides is 1. The van der Waals surface area contributed by atoms with Gasteiger partial charge in [0.05, 0.1) is 13.7 Å². The Hall–Kier alpha value is -2.37. The normalized spacial score (nSPS) is 11.8. The molecule has 0 aliphatic carbocycles. The van der Waals surface area contributed by atoms with E-state index in [4.69, 9.17) is 4.74 Å². The van der Waals surface area contributed by atoms with Gasteiger partial charge >= 0.3 is 0 Å². The van der Waals surface area contributed by atoms with Crippen molar-refractivity contribution in [3.05, 3.63) is 59.7 Å². The maximum atomic E-state index is 12.0. The summed E-state index contributed by atoms with van der Waals surface area (Å²) in [4.78, 5) is 12.0. The molecule has 0 fully saturated rings. The quantitative estimate of drug-likeness (QED) is 0.759. The molecule has 2 aromatic carbocycles. The van der Waals surface area contributed by atoms with Gasteiger partial charge in [-0.3, -0.25) is 4.79 Å². The summed E-state index contributed by atoms with van der Waals surface area (Å²) in [5, 5.41) is 21.9. The molecule has 3 N–H and O–H groups in total. The van der Waals surface area contributed by atoms with Gasteiger partial charge in [0.25, 0.3) is 5.91 Å². The van der Waals surface area contributed by atoms with E-state index in [9.17, 15) is 15.0 Å². The molecule has 0 aromatic heterocycles. The van der Waals surface area contributed by atoms with Crippen LogP contribution in [0.5, 0.6) is 5.75 Å². The molecule has 22 heavy (non-hydrogen) atoms. The zero-order chi connectivity index (χ0) is 15.9. The van der Waals surface area contributed by atoms with E-state index < -0.39 is 12.0 Å². The average molecular weight is 301 g/mol. The molecule has 0 saturated heterocycles. The molecule has 0 bridgehead atoms. The lowest BCUT2D eigenvalue weighted by molar-refractivity contribution is -0.123. The highest BCUT2D eigenvalue weighted by atomic mass is 16.5. The minimum absolute atomic E-state index is 0.195.